The van der Waals surface area contributed by atoms with Crippen molar-refractivity contribution in [3.8, 4) is 0 Å². The fraction of sp³-hybridized carbons (Fsp3) is 0.500. The lowest BCUT2D eigenvalue weighted by molar-refractivity contribution is 0.0694. The second-order valence-corrected chi connectivity index (χ2v) is 3.48. The predicted molar refractivity (Wildman–Crippen MR) is 53.6 cm³/mol. The number of hydrogen-bond donors (Lipinski definition) is 3. The van der Waals surface area contributed by atoms with Crippen LogP contribution in [0.3, 0.4) is 0 Å². The molecule has 1 aromatic rings. The average Bonchev–Trinajstić information content (AvgIpc) is 2.65. The minimum absolute atomic E-state index is 0.108. The summed E-state index contributed by atoms with van der Waals surface area (Å²) in [5.74, 6) is -0.434. The maximum absolute atomic E-state index is 10.7. The van der Waals surface area contributed by atoms with Crippen molar-refractivity contribution < 1.29 is 19.4 Å². The van der Waals surface area contributed by atoms with Crippen LogP contribution in [0, 0.1) is 5.92 Å². The number of aliphatic hydroxyl groups is 1. The summed E-state index contributed by atoms with van der Waals surface area (Å²) < 4.78 is 5.04. The zero-order valence-electron chi connectivity index (χ0n) is 8.56. The molecule has 3 N–H and O–H groups in total. The summed E-state index contributed by atoms with van der Waals surface area (Å²) in [5, 5.41) is 20.6. The van der Waals surface area contributed by atoms with Gasteiger partial charge in [-0.1, -0.05) is 6.92 Å². The molecule has 1 atom stereocenters. The van der Waals surface area contributed by atoms with Crippen LogP contribution in [0.4, 0.5) is 0 Å². The van der Waals surface area contributed by atoms with E-state index in [0.29, 0.717) is 18.8 Å². The lowest BCUT2D eigenvalue weighted by atomic mass is 10.2. The molecular formula is C10H15NO4. The summed E-state index contributed by atoms with van der Waals surface area (Å²) in [6.07, 6.45) is 1.36. The van der Waals surface area contributed by atoms with Gasteiger partial charge in [-0.15, -0.1) is 0 Å². The largest absolute Gasteiger partial charge is 0.478 e. The van der Waals surface area contributed by atoms with E-state index in [1.54, 1.807) is 0 Å². The fourth-order valence-corrected chi connectivity index (χ4v) is 1.16. The molecular weight excluding hydrogens is 198 g/mol. The van der Waals surface area contributed by atoms with Crippen LogP contribution in [-0.2, 0) is 6.54 Å². The van der Waals surface area contributed by atoms with Crippen LogP contribution in [0.15, 0.2) is 16.7 Å². The Bertz CT molecular complexity index is 321. The van der Waals surface area contributed by atoms with E-state index in [4.69, 9.17) is 14.6 Å². The molecule has 0 amide bonds. The van der Waals surface area contributed by atoms with Gasteiger partial charge in [0.05, 0.1) is 12.8 Å². The molecule has 5 nitrogen and oxygen atoms in total. The lowest BCUT2D eigenvalue weighted by Gasteiger charge is -2.08. The molecule has 15 heavy (non-hydrogen) atoms. The fourth-order valence-electron chi connectivity index (χ4n) is 1.16. The van der Waals surface area contributed by atoms with Gasteiger partial charge in [0, 0.05) is 13.2 Å². The van der Waals surface area contributed by atoms with E-state index in [0.717, 1.165) is 0 Å². The van der Waals surface area contributed by atoms with E-state index < -0.39 is 5.97 Å². The van der Waals surface area contributed by atoms with Crippen LogP contribution in [-0.4, -0.2) is 29.3 Å². The van der Waals surface area contributed by atoms with Crippen LogP contribution in [0.2, 0.25) is 0 Å². The van der Waals surface area contributed by atoms with E-state index in [-0.39, 0.29) is 18.1 Å². The normalized spacial score (nSPS) is 12.7. The molecule has 0 saturated carbocycles. The monoisotopic (exact) mass is 213 g/mol. The van der Waals surface area contributed by atoms with Crippen molar-refractivity contribution in [3.05, 3.63) is 23.7 Å². The smallest absolute Gasteiger partial charge is 0.339 e. The number of furan rings is 1. The van der Waals surface area contributed by atoms with E-state index in [2.05, 4.69) is 5.32 Å². The van der Waals surface area contributed by atoms with E-state index >= 15 is 0 Å². The first kappa shape index (κ1) is 11.7. The highest BCUT2D eigenvalue weighted by molar-refractivity contribution is 5.88. The number of carboxylic acid groups (broad SMARTS) is 1. The molecule has 0 radical (unpaired) electrons. The molecule has 1 heterocycles. The standard InChI is InChI=1S/C10H15NO4/c1-7(6-12)4-11-5-9-8(10(13)14)2-3-15-9/h2-3,7,11-12H,4-6H2,1H3,(H,13,14). The predicted octanol–water partition coefficient (Wildman–Crippen LogP) is 0.696. The number of hydrogen-bond acceptors (Lipinski definition) is 4. The Kier molecular flexibility index (Phi) is 4.33. The highest BCUT2D eigenvalue weighted by atomic mass is 16.4. The van der Waals surface area contributed by atoms with Gasteiger partial charge in [-0.25, -0.2) is 4.79 Å². The highest BCUT2D eigenvalue weighted by Gasteiger charge is 2.12. The van der Waals surface area contributed by atoms with Crippen molar-refractivity contribution >= 4 is 5.97 Å². The first-order chi connectivity index (χ1) is 7.15. The van der Waals surface area contributed by atoms with Crippen molar-refractivity contribution in [2.45, 2.75) is 13.5 Å². The van der Waals surface area contributed by atoms with Crippen LogP contribution in [0.25, 0.3) is 0 Å². The molecule has 1 aromatic heterocycles. The number of carboxylic acids is 1. The quantitative estimate of drug-likeness (QED) is 0.647. The van der Waals surface area contributed by atoms with Gasteiger partial charge in [-0.05, 0) is 12.0 Å². The van der Waals surface area contributed by atoms with Gasteiger partial charge in [0.25, 0.3) is 0 Å². The molecule has 0 saturated heterocycles. The van der Waals surface area contributed by atoms with E-state index in [1.807, 2.05) is 6.92 Å². The number of nitrogens with one attached hydrogen (secondary N) is 1. The molecule has 0 aliphatic rings. The highest BCUT2D eigenvalue weighted by Crippen LogP contribution is 2.10. The molecule has 0 aliphatic carbocycles. The Labute approximate surface area is 87.7 Å². The molecule has 0 fully saturated rings. The summed E-state index contributed by atoms with van der Waals surface area (Å²) >= 11 is 0. The Morgan fingerprint density at radius 2 is 2.40 bits per heavy atom. The lowest BCUT2D eigenvalue weighted by Crippen LogP contribution is -2.23. The van der Waals surface area contributed by atoms with Crippen LogP contribution >= 0.6 is 0 Å². The second kappa shape index (κ2) is 5.53. The van der Waals surface area contributed by atoms with Gasteiger partial charge in [-0.2, -0.15) is 0 Å². The minimum Gasteiger partial charge on any atom is -0.478 e. The van der Waals surface area contributed by atoms with E-state index in [9.17, 15) is 4.79 Å². The topological polar surface area (TPSA) is 82.7 Å². The van der Waals surface area contributed by atoms with Crippen LogP contribution in [0.5, 0.6) is 0 Å². The van der Waals surface area contributed by atoms with Gasteiger partial charge < -0.3 is 19.9 Å². The molecule has 84 valence electrons. The van der Waals surface area contributed by atoms with Crippen molar-refractivity contribution in [1.82, 2.24) is 5.32 Å². The number of rotatable bonds is 6. The van der Waals surface area contributed by atoms with Gasteiger partial charge in [0.2, 0.25) is 0 Å². The van der Waals surface area contributed by atoms with Crippen LogP contribution in [0.1, 0.15) is 23.0 Å². The van der Waals surface area contributed by atoms with E-state index in [1.165, 1.54) is 12.3 Å². The summed E-state index contributed by atoms with van der Waals surface area (Å²) in [6, 6.07) is 1.43. The Morgan fingerprint density at radius 1 is 1.67 bits per heavy atom. The SMILES string of the molecule is CC(CO)CNCc1occc1C(=O)O. The molecule has 0 aliphatic heterocycles. The zero-order chi connectivity index (χ0) is 11.3. The zero-order valence-corrected chi connectivity index (χ0v) is 8.56. The average molecular weight is 213 g/mol. The van der Waals surface area contributed by atoms with Gasteiger partial charge in [0.1, 0.15) is 11.3 Å². The van der Waals surface area contributed by atoms with Crippen molar-refractivity contribution in [3.63, 3.8) is 0 Å². The number of aromatic carboxylic acids is 1. The molecule has 0 aromatic carbocycles. The Morgan fingerprint density at radius 3 is 3.00 bits per heavy atom. The van der Waals surface area contributed by atoms with Crippen molar-refractivity contribution in [2.75, 3.05) is 13.2 Å². The number of aliphatic hydroxyl groups excluding tert-OH is 1. The Balaban J connectivity index is 2.44. The van der Waals surface area contributed by atoms with Crippen molar-refractivity contribution in [2.24, 2.45) is 5.92 Å². The second-order valence-electron chi connectivity index (χ2n) is 3.48. The molecule has 0 bridgehead atoms. The third-order valence-electron chi connectivity index (χ3n) is 2.07. The van der Waals surface area contributed by atoms with Gasteiger partial charge >= 0.3 is 5.97 Å². The first-order valence-electron chi connectivity index (χ1n) is 4.76. The maximum atomic E-state index is 10.7. The molecule has 1 rings (SSSR count). The third-order valence-corrected chi connectivity index (χ3v) is 2.07. The first-order valence-corrected chi connectivity index (χ1v) is 4.76. The van der Waals surface area contributed by atoms with Crippen molar-refractivity contribution in [1.29, 1.82) is 0 Å². The molecule has 5 heteroatoms. The Hall–Kier alpha value is -1.33. The third kappa shape index (κ3) is 3.38. The number of carbonyl (C=O) groups is 1. The summed E-state index contributed by atoms with van der Waals surface area (Å²) in [5.41, 5.74) is 0.180. The molecule has 1 unspecified atom stereocenters. The minimum atomic E-state index is -0.990. The van der Waals surface area contributed by atoms with Crippen LogP contribution < -0.4 is 5.32 Å². The summed E-state index contributed by atoms with van der Waals surface area (Å²) in [4.78, 5) is 10.7. The van der Waals surface area contributed by atoms with Gasteiger partial charge in [-0.3, -0.25) is 0 Å². The van der Waals surface area contributed by atoms with Gasteiger partial charge in [0.15, 0.2) is 0 Å². The molecule has 0 spiro atoms. The summed E-state index contributed by atoms with van der Waals surface area (Å²) in [7, 11) is 0. The maximum Gasteiger partial charge on any atom is 0.339 e. The summed E-state index contributed by atoms with van der Waals surface area (Å²) in [6.45, 7) is 2.99.